The van der Waals surface area contributed by atoms with Crippen LogP contribution in [-0.2, 0) is 11.3 Å². The molecular formula is C14H17ClN2O. The second-order valence-electron chi connectivity index (χ2n) is 4.77. The number of hydrogen-bond donors (Lipinski definition) is 1. The van der Waals surface area contributed by atoms with E-state index in [-0.39, 0.29) is 6.10 Å². The lowest BCUT2D eigenvalue weighted by molar-refractivity contribution is 0.0138. The minimum absolute atomic E-state index is 0.288. The second-order valence-corrected chi connectivity index (χ2v) is 5.17. The minimum atomic E-state index is 0.288. The van der Waals surface area contributed by atoms with E-state index in [1.165, 1.54) is 0 Å². The van der Waals surface area contributed by atoms with E-state index in [9.17, 15) is 0 Å². The van der Waals surface area contributed by atoms with Crippen molar-refractivity contribution in [2.75, 3.05) is 0 Å². The third-order valence-corrected chi connectivity index (χ3v) is 3.73. The topological polar surface area (TPSA) is 59.0 Å². The molecule has 0 spiro atoms. The van der Waals surface area contributed by atoms with Gasteiger partial charge in [-0.15, -0.1) is 0 Å². The lowest BCUT2D eigenvalue weighted by Gasteiger charge is -2.26. The van der Waals surface area contributed by atoms with Crippen molar-refractivity contribution in [2.24, 2.45) is 5.73 Å². The van der Waals surface area contributed by atoms with E-state index in [4.69, 9.17) is 27.3 Å². The lowest BCUT2D eigenvalue weighted by Crippen LogP contribution is -2.30. The molecule has 2 rings (SSSR count). The molecule has 2 N–H and O–H groups in total. The van der Waals surface area contributed by atoms with Crippen molar-refractivity contribution >= 4 is 11.6 Å². The highest BCUT2D eigenvalue weighted by Crippen LogP contribution is 2.23. The van der Waals surface area contributed by atoms with E-state index in [0.29, 0.717) is 23.2 Å². The first-order valence-corrected chi connectivity index (χ1v) is 6.62. The third kappa shape index (κ3) is 3.46. The van der Waals surface area contributed by atoms with Gasteiger partial charge in [-0.05, 0) is 43.4 Å². The van der Waals surface area contributed by atoms with Crippen LogP contribution in [0.2, 0.25) is 5.02 Å². The molecule has 0 saturated heterocycles. The normalized spacial score (nSPS) is 23.6. The average molecular weight is 265 g/mol. The fraction of sp³-hybridized carbons (Fsp3) is 0.500. The van der Waals surface area contributed by atoms with E-state index >= 15 is 0 Å². The maximum absolute atomic E-state index is 8.76. The van der Waals surface area contributed by atoms with Gasteiger partial charge >= 0.3 is 0 Å². The zero-order valence-corrected chi connectivity index (χ0v) is 11.0. The van der Waals surface area contributed by atoms with Crippen molar-refractivity contribution in [3.05, 3.63) is 34.3 Å². The molecule has 0 bridgehead atoms. The van der Waals surface area contributed by atoms with Crippen LogP contribution in [0.3, 0.4) is 0 Å². The first-order chi connectivity index (χ1) is 8.69. The molecule has 0 amide bonds. The fourth-order valence-corrected chi connectivity index (χ4v) is 2.43. The molecule has 1 saturated carbocycles. The first kappa shape index (κ1) is 13.4. The SMILES string of the molecule is N#Cc1ccc(COC2CCC(N)CC2)c(Cl)c1. The standard InChI is InChI=1S/C14H17ClN2O/c15-14-7-10(8-16)1-2-11(14)9-18-13-5-3-12(17)4-6-13/h1-2,7,12-13H,3-6,9,17H2. The molecule has 4 heteroatoms. The number of benzene rings is 1. The summed E-state index contributed by atoms with van der Waals surface area (Å²) in [6.45, 7) is 0.504. The molecule has 0 atom stereocenters. The van der Waals surface area contributed by atoms with Crippen molar-refractivity contribution in [3.63, 3.8) is 0 Å². The van der Waals surface area contributed by atoms with Crippen LogP contribution in [-0.4, -0.2) is 12.1 Å². The van der Waals surface area contributed by atoms with Crippen LogP contribution in [0.4, 0.5) is 0 Å². The predicted molar refractivity (Wildman–Crippen MR) is 71.2 cm³/mol. The van der Waals surface area contributed by atoms with E-state index in [2.05, 4.69) is 6.07 Å². The molecule has 1 aromatic rings. The molecule has 0 heterocycles. The number of hydrogen-bond acceptors (Lipinski definition) is 3. The van der Waals surface area contributed by atoms with Crippen molar-refractivity contribution in [1.29, 1.82) is 5.26 Å². The molecule has 0 aromatic heterocycles. The van der Waals surface area contributed by atoms with Gasteiger partial charge in [0.2, 0.25) is 0 Å². The van der Waals surface area contributed by atoms with Crippen molar-refractivity contribution in [2.45, 2.75) is 44.4 Å². The second kappa shape index (κ2) is 6.19. The van der Waals surface area contributed by atoms with Gasteiger partial charge in [0.05, 0.1) is 24.3 Å². The zero-order chi connectivity index (χ0) is 13.0. The van der Waals surface area contributed by atoms with Gasteiger partial charge in [0.15, 0.2) is 0 Å². The monoisotopic (exact) mass is 264 g/mol. The Labute approximate surface area is 112 Å². The van der Waals surface area contributed by atoms with Gasteiger partial charge in [-0.25, -0.2) is 0 Å². The van der Waals surface area contributed by atoms with Crippen LogP contribution in [0, 0.1) is 11.3 Å². The Balaban J connectivity index is 1.89. The highest BCUT2D eigenvalue weighted by atomic mass is 35.5. The summed E-state index contributed by atoms with van der Waals surface area (Å²) in [5, 5.41) is 9.36. The summed E-state index contributed by atoms with van der Waals surface area (Å²) in [4.78, 5) is 0. The molecule has 0 unspecified atom stereocenters. The number of nitrogens with zero attached hydrogens (tertiary/aromatic N) is 1. The molecule has 0 aliphatic heterocycles. The predicted octanol–water partition coefficient (Wildman–Crippen LogP) is 3.00. The van der Waals surface area contributed by atoms with E-state index in [0.717, 1.165) is 31.2 Å². The Bertz CT molecular complexity index is 448. The van der Waals surface area contributed by atoms with Crippen molar-refractivity contribution in [3.8, 4) is 6.07 Å². The van der Waals surface area contributed by atoms with Crippen LogP contribution >= 0.6 is 11.6 Å². The Hall–Kier alpha value is -1.08. The summed E-state index contributed by atoms with van der Waals surface area (Å²) in [7, 11) is 0. The van der Waals surface area contributed by atoms with Gasteiger partial charge in [0, 0.05) is 11.1 Å². The van der Waals surface area contributed by atoms with Gasteiger partial charge in [-0.1, -0.05) is 17.7 Å². The molecular weight excluding hydrogens is 248 g/mol. The van der Waals surface area contributed by atoms with Gasteiger partial charge in [-0.2, -0.15) is 5.26 Å². The number of halogens is 1. The largest absolute Gasteiger partial charge is 0.373 e. The van der Waals surface area contributed by atoms with Crippen LogP contribution < -0.4 is 5.73 Å². The average Bonchev–Trinajstić information content (AvgIpc) is 2.39. The lowest BCUT2D eigenvalue weighted by atomic mass is 9.94. The van der Waals surface area contributed by atoms with Crippen LogP contribution in [0.5, 0.6) is 0 Å². The Morgan fingerprint density at radius 1 is 1.33 bits per heavy atom. The number of nitriles is 1. The van der Waals surface area contributed by atoms with Crippen LogP contribution in [0.25, 0.3) is 0 Å². The molecule has 96 valence electrons. The van der Waals surface area contributed by atoms with Crippen molar-refractivity contribution < 1.29 is 4.74 Å². The molecule has 1 aliphatic rings. The summed E-state index contributed by atoms with van der Waals surface area (Å²) in [5.41, 5.74) is 7.36. The molecule has 18 heavy (non-hydrogen) atoms. The van der Waals surface area contributed by atoms with Crippen LogP contribution in [0.15, 0.2) is 18.2 Å². The van der Waals surface area contributed by atoms with Gasteiger partial charge in [-0.3, -0.25) is 0 Å². The zero-order valence-electron chi connectivity index (χ0n) is 10.2. The Kier molecular flexibility index (Phi) is 4.60. The van der Waals surface area contributed by atoms with Gasteiger partial charge < -0.3 is 10.5 Å². The van der Waals surface area contributed by atoms with Gasteiger partial charge in [0.25, 0.3) is 0 Å². The summed E-state index contributed by atoms with van der Waals surface area (Å²) in [6.07, 6.45) is 4.40. The van der Waals surface area contributed by atoms with E-state index in [1.54, 1.807) is 12.1 Å². The third-order valence-electron chi connectivity index (χ3n) is 3.38. The van der Waals surface area contributed by atoms with E-state index < -0.39 is 0 Å². The number of rotatable bonds is 3. The summed E-state index contributed by atoms with van der Waals surface area (Å²) >= 11 is 6.10. The molecule has 1 aliphatic carbocycles. The van der Waals surface area contributed by atoms with Crippen molar-refractivity contribution in [1.82, 2.24) is 0 Å². The Morgan fingerprint density at radius 3 is 2.67 bits per heavy atom. The first-order valence-electron chi connectivity index (χ1n) is 6.24. The fourth-order valence-electron chi connectivity index (χ4n) is 2.20. The minimum Gasteiger partial charge on any atom is -0.373 e. The Morgan fingerprint density at radius 2 is 2.06 bits per heavy atom. The molecule has 1 aromatic carbocycles. The highest BCUT2D eigenvalue weighted by molar-refractivity contribution is 6.31. The number of ether oxygens (including phenoxy) is 1. The molecule has 0 radical (unpaired) electrons. The van der Waals surface area contributed by atoms with Crippen LogP contribution in [0.1, 0.15) is 36.8 Å². The maximum atomic E-state index is 8.76. The molecule has 1 fully saturated rings. The number of nitrogens with two attached hydrogens (primary N) is 1. The highest BCUT2D eigenvalue weighted by Gasteiger charge is 2.19. The van der Waals surface area contributed by atoms with Gasteiger partial charge in [0.1, 0.15) is 0 Å². The smallest absolute Gasteiger partial charge is 0.0992 e. The summed E-state index contributed by atoms with van der Waals surface area (Å²) in [5.74, 6) is 0. The summed E-state index contributed by atoms with van der Waals surface area (Å²) in [6, 6.07) is 7.70. The maximum Gasteiger partial charge on any atom is 0.0992 e. The summed E-state index contributed by atoms with van der Waals surface area (Å²) < 4.78 is 5.85. The molecule has 3 nitrogen and oxygen atoms in total. The quantitative estimate of drug-likeness (QED) is 0.913. The van der Waals surface area contributed by atoms with E-state index in [1.807, 2.05) is 6.07 Å².